The van der Waals surface area contributed by atoms with E-state index in [4.69, 9.17) is 4.74 Å². The Bertz CT molecular complexity index is 314. The average molecular weight is 268 g/mol. The molecule has 2 fully saturated rings. The lowest BCUT2D eigenvalue weighted by Crippen LogP contribution is -2.28. The van der Waals surface area contributed by atoms with E-state index in [1.165, 1.54) is 6.42 Å². The fourth-order valence-electron chi connectivity index (χ4n) is 3.41. The van der Waals surface area contributed by atoms with Gasteiger partial charge < -0.3 is 9.84 Å². The molecule has 0 amide bonds. The van der Waals surface area contributed by atoms with Gasteiger partial charge in [0.2, 0.25) is 0 Å². The molecule has 2 aliphatic rings. The zero-order valence-corrected chi connectivity index (χ0v) is 11.5. The lowest BCUT2D eigenvalue weighted by atomic mass is 9.88. The van der Waals surface area contributed by atoms with Crippen LogP contribution < -0.4 is 0 Å². The molecular formula is C15H24O4. The molecule has 1 atom stereocenters. The van der Waals surface area contributed by atoms with Crippen LogP contribution in [-0.2, 0) is 14.3 Å². The molecule has 0 spiro atoms. The first-order chi connectivity index (χ1) is 9.16. The van der Waals surface area contributed by atoms with Gasteiger partial charge in [-0.1, -0.05) is 19.3 Å². The predicted octanol–water partition coefficient (Wildman–Crippen LogP) is 3.14. The van der Waals surface area contributed by atoms with E-state index in [1.54, 1.807) is 0 Å². The second-order valence-electron chi connectivity index (χ2n) is 5.94. The zero-order valence-electron chi connectivity index (χ0n) is 11.5. The average Bonchev–Trinajstić information content (AvgIpc) is 2.90. The number of carbonyl (C=O) groups excluding carboxylic acids is 1. The van der Waals surface area contributed by atoms with Crippen LogP contribution in [0.15, 0.2) is 0 Å². The normalized spacial score (nSPS) is 23.2. The monoisotopic (exact) mass is 268 g/mol. The van der Waals surface area contributed by atoms with Gasteiger partial charge in [-0.2, -0.15) is 0 Å². The minimum atomic E-state index is -0.840. The van der Waals surface area contributed by atoms with Gasteiger partial charge in [-0.3, -0.25) is 9.59 Å². The molecule has 1 unspecified atom stereocenters. The third kappa shape index (κ3) is 4.22. The molecule has 4 nitrogen and oxygen atoms in total. The highest BCUT2D eigenvalue weighted by atomic mass is 16.5. The van der Waals surface area contributed by atoms with E-state index < -0.39 is 11.9 Å². The van der Waals surface area contributed by atoms with Crippen molar-refractivity contribution in [3.8, 4) is 0 Å². The van der Waals surface area contributed by atoms with Gasteiger partial charge in [0.05, 0.1) is 12.3 Å². The summed E-state index contributed by atoms with van der Waals surface area (Å²) in [5.74, 6) is -1.53. The van der Waals surface area contributed by atoms with Gasteiger partial charge in [0.25, 0.3) is 0 Å². The number of carboxylic acid groups (broad SMARTS) is 1. The van der Waals surface area contributed by atoms with E-state index >= 15 is 0 Å². The number of ether oxygens (including phenoxy) is 1. The SMILES string of the molecule is O=C(CC(C(=O)O)C1CCCC1)OC1CCCCC1. The molecule has 0 aromatic rings. The van der Waals surface area contributed by atoms with Crippen molar-refractivity contribution >= 4 is 11.9 Å². The van der Waals surface area contributed by atoms with Crippen LogP contribution in [0.1, 0.15) is 64.2 Å². The number of carboxylic acids is 1. The Morgan fingerprint density at radius 2 is 1.58 bits per heavy atom. The summed E-state index contributed by atoms with van der Waals surface area (Å²) in [6, 6.07) is 0. The third-order valence-corrected chi connectivity index (χ3v) is 4.52. The van der Waals surface area contributed by atoms with E-state index in [9.17, 15) is 14.7 Å². The summed E-state index contributed by atoms with van der Waals surface area (Å²) >= 11 is 0. The van der Waals surface area contributed by atoms with Gasteiger partial charge in [-0.25, -0.2) is 0 Å². The van der Waals surface area contributed by atoms with Crippen molar-refractivity contribution in [2.75, 3.05) is 0 Å². The van der Waals surface area contributed by atoms with Gasteiger partial charge in [0.1, 0.15) is 6.10 Å². The second kappa shape index (κ2) is 6.92. The molecule has 108 valence electrons. The van der Waals surface area contributed by atoms with E-state index in [0.29, 0.717) is 0 Å². The summed E-state index contributed by atoms with van der Waals surface area (Å²) in [4.78, 5) is 23.2. The van der Waals surface area contributed by atoms with E-state index in [0.717, 1.165) is 51.4 Å². The predicted molar refractivity (Wildman–Crippen MR) is 70.7 cm³/mol. The largest absolute Gasteiger partial charge is 0.481 e. The Morgan fingerprint density at radius 1 is 1.00 bits per heavy atom. The number of hydrogen-bond acceptors (Lipinski definition) is 3. The Hall–Kier alpha value is -1.06. The third-order valence-electron chi connectivity index (χ3n) is 4.52. The Labute approximate surface area is 114 Å². The molecule has 0 saturated heterocycles. The van der Waals surface area contributed by atoms with Crippen LogP contribution in [0.25, 0.3) is 0 Å². The van der Waals surface area contributed by atoms with Crippen LogP contribution in [0, 0.1) is 11.8 Å². The van der Waals surface area contributed by atoms with Crippen molar-refractivity contribution < 1.29 is 19.4 Å². The van der Waals surface area contributed by atoms with Crippen LogP contribution in [0.2, 0.25) is 0 Å². The molecule has 4 heteroatoms. The zero-order chi connectivity index (χ0) is 13.7. The molecular weight excluding hydrogens is 244 g/mol. The number of aliphatic carboxylic acids is 1. The molecule has 0 heterocycles. The molecule has 0 radical (unpaired) electrons. The summed E-state index contributed by atoms with van der Waals surface area (Å²) < 4.78 is 5.43. The number of esters is 1. The van der Waals surface area contributed by atoms with Crippen LogP contribution in [-0.4, -0.2) is 23.1 Å². The summed E-state index contributed by atoms with van der Waals surface area (Å²) in [7, 11) is 0. The van der Waals surface area contributed by atoms with Gasteiger partial charge in [0, 0.05) is 0 Å². The first-order valence-electron chi connectivity index (χ1n) is 7.59. The molecule has 0 aromatic carbocycles. The topological polar surface area (TPSA) is 63.6 Å². The van der Waals surface area contributed by atoms with Gasteiger partial charge in [-0.15, -0.1) is 0 Å². The Balaban J connectivity index is 1.82. The van der Waals surface area contributed by atoms with Crippen molar-refractivity contribution in [1.29, 1.82) is 0 Å². The van der Waals surface area contributed by atoms with Crippen LogP contribution in [0.4, 0.5) is 0 Å². The standard InChI is InChI=1S/C15H24O4/c16-14(19-12-8-2-1-3-9-12)10-13(15(17)18)11-6-4-5-7-11/h11-13H,1-10H2,(H,17,18). The highest BCUT2D eigenvalue weighted by Crippen LogP contribution is 2.33. The molecule has 19 heavy (non-hydrogen) atoms. The molecule has 0 aromatic heterocycles. The maximum atomic E-state index is 11.9. The first-order valence-corrected chi connectivity index (χ1v) is 7.59. The lowest BCUT2D eigenvalue weighted by molar-refractivity contribution is -0.157. The minimum absolute atomic E-state index is 0.0271. The summed E-state index contributed by atoms with van der Waals surface area (Å²) in [5.41, 5.74) is 0. The van der Waals surface area contributed by atoms with Gasteiger partial charge in [0.15, 0.2) is 0 Å². The first kappa shape index (κ1) is 14.4. The van der Waals surface area contributed by atoms with Crippen molar-refractivity contribution in [2.24, 2.45) is 11.8 Å². The van der Waals surface area contributed by atoms with Crippen molar-refractivity contribution in [2.45, 2.75) is 70.3 Å². The molecule has 0 bridgehead atoms. The molecule has 2 rings (SSSR count). The fourth-order valence-corrected chi connectivity index (χ4v) is 3.41. The Kier molecular flexibility index (Phi) is 5.23. The fraction of sp³-hybridized carbons (Fsp3) is 0.867. The van der Waals surface area contributed by atoms with Crippen LogP contribution in [0.3, 0.4) is 0 Å². The van der Waals surface area contributed by atoms with Crippen molar-refractivity contribution in [3.63, 3.8) is 0 Å². The maximum absolute atomic E-state index is 11.9. The smallest absolute Gasteiger partial charge is 0.307 e. The number of rotatable bonds is 5. The molecule has 0 aliphatic heterocycles. The highest BCUT2D eigenvalue weighted by Gasteiger charge is 2.33. The van der Waals surface area contributed by atoms with Gasteiger partial charge >= 0.3 is 11.9 Å². The quantitative estimate of drug-likeness (QED) is 0.778. The summed E-state index contributed by atoms with van der Waals surface area (Å²) in [5, 5.41) is 9.28. The second-order valence-corrected chi connectivity index (χ2v) is 5.94. The molecule has 2 saturated carbocycles. The molecule has 2 aliphatic carbocycles. The lowest BCUT2D eigenvalue weighted by Gasteiger charge is -2.24. The van der Waals surface area contributed by atoms with Crippen LogP contribution >= 0.6 is 0 Å². The number of carbonyl (C=O) groups is 2. The highest BCUT2D eigenvalue weighted by molar-refractivity contribution is 5.79. The molecule has 1 N–H and O–H groups in total. The van der Waals surface area contributed by atoms with Crippen molar-refractivity contribution in [3.05, 3.63) is 0 Å². The van der Waals surface area contributed by atoms with Crippen LogP contribution in [0.5, 0.6) is 0 Å². The minimum Gasteiger partial charge on any atom is -0.481 e. The Morgan fingerprint density at radius 3 is 2.16 bits per heavy atom. The van der Waals surface area contributed by atoms with E-state index in [-0.39, 0.29) is 24.4 Å². The van der Waals surface area contributed by atoms with Gasteiger partial charge in [-0.05, 0) is 44.4 Å². The van der Waals surface area contributed by atoms with E-state index in [2.05, 4.69) is 0 Å². The number of hydrogen-bond donors (Lipinski definition) is 1. The van der Waals surface area contributed by atoms with E-state index in [1.807, 2.05) is 0 Å². The van der Waals surface area contributed by atoms with Crippen molar-refractivity contribution in [1.82, 2.24) is 0 Å². The maximum Gasteiger partial charge on any atom is 0.307 e. The summed E-state index contributed by atoms with van der Waals surface area (Å²) in [6.45, 7) is 0. The summed E-state index contributed by atoms with van der Waals surface area (Å²) in [6.07, 6.45) is 9.45.